The average Bonchev–Trinajstić information content (AvgIpc) is 2.78. The zero-order valence-electron chi connectivity index (χ0n) is 17.2. The van der Waals surface area contributed by atoms with Crippen molar-refractivity contribution in [2.45, 2.75) is 25.5 Å². The van der Waals surface area contributed by atoms with Gasteiger partial charge in [0.25, 0.3) is 0 Å². The van der Waals surface area contributed by atoms with Crippen LogP contribution in [0.1, 0.15) is 27.9 Å². The molecule has 1 unspecified atom stereocenters. The largest absolute Gasteiger partial charge is 0.490 e. The lowest BCUT2D eigenvalue weighted by Gasteiger charge is -2.15. The maximum Gasteiger partial charge on any atom is 0.167 e. The van der Waals surface area contributed by atoms with Crippen LogP contribution < -0.4 is 10.1 Å². The average molecular weight is 444 g/mol. The molecule has 3 rings (SSSR count). The zero-order chi connectivity index (χ0) is 21.2. The van der Waals surface area contributed by atoms with Gasteiger partial charge >= 0.3 is 0 Å². The summed E-state index contributed by atoms with van der Waals surface area (Å²) >= 11 is 0. The van der Waals surface area contributed by atoms with E-state index in [-0.39, 0.29) is 42.5 Å². The van der Waals surface area contributed by atoms with E-state index in [4.69, 9.17) is 4.74 Å². The van der Waals surface area contributed by atoms with E-state index in [0.29, 0.717) is 19.5 Å². The fraction of sp³-hybridized carbons (Fsp3) is 0.240. The highest BCUT2D eigenvalue weighted by molar-refractivity contribution is 5.98. The summed E-state index contributed by atoms with van der Waals surface area (Å²) in [4.78, 5) is 12.6. The van der Waals surface area contributed by atoms with Crippen LogP contribution in [-0.2, 0) is 13.0 Å². The number of aryl methyl sites for hydroxylation is 1. The maximum atomic E-state index is 13.7. The van der Waals surface area contributed by atoms with Gasteiger partial charge in [-0.05, 0) is 35.7 Å². The molecule has 2 N–H and O–H groups in total. The number of benzene rings is 3. The summed E-state index contributed by atoms with van der Waals surface area (Å²) in [6.45, 7) is 0.984. The van der Waals surface area contributed by atoms with E-state index in [1.54, 1.807) is 0 Å². The third-order valence-corrected chi connectivity index (χ3v) is 4.71. The second-order valence-electron chi connectivity index (χ2n) is 7.13. The number of hydrogen-bond donors (Lipinski definition) is 2. The lowest BCUT2D eigenvalue weighted by molar-refractivity contribution is 0.0948. The van der Waals surface area contributed by atoms with Crippen LogP contribution in [0.15, 0.2) is 78.9 Å². The van der Waals surface area contributed by atoms with Gasteiger partial charge in [-0.15, -0.1) is 12.4 Å². The van der Waals surface area contributed by atoms with E-state index in [1.165, 1.54) is 18.2 Å². The first-order valence-corrected chi connectivity index (χ1v) is 10.0. The van der Waals surface area contributed by atoms with Gasteiger partial charge in [-0.25, -0.2) is 4.39 Å². The molecule has 0 aliphatic heterocycles. The molecular formula is C25H27ClFNO3. The highest BCUT2D eigenvalue weighted by Gasteiger charge is 2.15. The summed E-state index contributed by atoms with van der Waals surface area (Å²) in [5.41, 5.74) is 2.37. The summed E-state index contributed by atoms with van der Waals surface area (Å²) in [5.74, 6) is -0.392. The van der Waals surface area contributed by atoms with E-state index >= 15 is 0 Å². The van der Waals surface area contributed by atoms with Gasteiger partial charge in [-0.1, -0.05) is 60.7 Å². The molecule has 0 amide bonds. The van der Waals surface area contributed by atoms with Crippen LogP contribution in [0.5, 0.6) is 5.75 Å². The highest BCUT2D eigenvalue weighted by Crippen LogP contribution is 2.22. The monoisotopic (exact) mass is 443 g/mol. The van der Waals surface area contributed by atoms with Crippen molar-refractivity contribution >= 4 is 18.2 Å². The summed E-state index contributed by atoms with van der Waals surface area (Å²) in [5, 5.41) is 13.3. The van der Waals surface area contributed by atoms with E-state index in [2.05, 4.69) is 5.32 Å². The number of nitrogens with one attached hydrogen (secondary N) is 1. The molecule has 0 aliphatic carbocycles. The minimum Gasteiger partial charge on any atom is -0.490 e. The van der Waals surface area contributed by atoms with Crippen LogP contribution in [0.25, 0.3) is 0 Å². The van der Waals surface area contributed by atoms with Crippen molar-refractivity contribution in [3.05, 3.63) is 101 Å². The summed E-state index contributed by atoms with van der Waals surface area (Å²) < 4.78 is 19.4. The molecule has 0 bridgehead atoms. The SMILES string of the molecule is Cl.O=C(CCc1ccccc1)c1cc(F)ccc1OCC(O)CNCc1ccccc1. The normalized spacial score (nSPS) is 11.4. The molecule has 0 fully saturated rings. The summed E-state index contributed by atoms with van der Waals surface area (Å²) in [6.07, 6.45) is 0.0678. The number of carbonyl (C=O) groups excluding carboxylic acids is 1. The smallest absolute Gasteiger partial charge is 0.167 e. The van der Waals surface area contributed by atoms with Crippen LogP contribution in [0.2, 0.25) is 0 Å². The molecule has 0 saturated carbocycles. The van der Waals surface area contributed by atoms with Crippen molar-refractivity contribution < 1.29 is 19.0 Å². The van der Waals surface area contributed by atoms with E-state index in [0.717, 1.165) is 11.1 Å². The van der Waals surface area contributed by atoms with Gasteiger partial charge in [-0.3, -0.25) is 4.79 Å². The lowest BCUT2D eigenvalue weighted by Crippen LogP contribution is -2.31. The third-order valence-electron chi connectivity index (χ3n) is 4.71. The molecule has 1 atom stereocenters. The minimum absolute atomic E-state index is 0. The number of hydrogen-bond acceptors (Lipinski definition) is 4. The number of ketones is 1. The Morgan fingerprint density at radius 3 is 2.29 bits per heavy atom. The third kappa shape index (κ3) is 8.13. The Kier molecular flexibility index (Phi) is 10.2. The number of rotatable bonds is 11. The Morgan fingerprint density at radius 2 is 1.61 bits per heavy atom. The molecule has 0 spiro atoms. The number of aliphatic hydroxyl groups is 1. The molecule has 4 nitrogen and oxygen atoms in total. The fourth-order valence-corrected chi connectivity index (χ4v) is 3.11. The Bertz CT molecular complexity index is 938. The van der Waals surface area contributed by atoms with Crippen LogP contribution in [0, 0.1) is 5.82 Å². The first-order valence-electron chi connectivity index (χ1n) is 10.0. The molecule has 3 aromatic carbocycles. The predicted molar refractivity (Wildman–Crippen MR) is 122 cm³/mol. The van der Waals surface area contributed by atoms with Crippen molar-refractivity contribution in [1.82, 2.24) is 5.32 Å². The minimum atomic E-state index is -0.758. The number of halogens is 2. The Morgan fingerprint density at radius 1 is 0.968 bits per heavy atom. The molecule has 164 valence electrons. The van der Waals surface area contributed by atoms with Gasteiger partial charge in [0, 0.05) is 19.5 Å². The Hall–Kier alpha value is -2.73. The van der Waals surface area contributed by atoms with Gasteiger partial charge < -0.3 is 15.2 Å². The standard InChI is InChI=1S/C25H26FNO3.ClH/c26-21-12-14-25(23(15-21)24(29)13-11-19-7-3-1-4-8-19)30-18-22(28)17-27-16-20-9-5-2-6-10-20;/h1-10,12,14-15,22,27-28H,11,13,16-18H2;1H. The summed E-state index contributed by atoms with van der Waals surface area (Å²) in [6, 6.07) is 23.4. The van der Waals surface area contributed by atoms with E-state index in [9.17, 15) is 14.3 Å². The van der Waals surface area contributed by atoms with Crippen molar-refractivity contribution in [2.24, 2.45) is 0 Å². The highest BCUT2D eigenvalue weighted by atomic mass is 35.5. The van der Waals surface area contributed by atoms with Gasteiger partial charge in [0.2, 0.25) is 0 Å². The first-order chi connectivity index (χ1) is 14.6. The number of ether oxygens (including phenoxy) is 1. The molecule has 0 heterocycles. The second kappa shape index (κ2) is 12.8. The maximum absolute atomic E-state index is 13.7. The van der Waals surface area contributed by atoms with Gasteiger partial charge in [0.1, 0.15) is 24.3 Å². The van der Waals surface area contributed by atoms with Crippen LogP contribution in [0.4, 0.5) is 4.39 Å². The topological polar surface area (TPSA) is 58.6 Å². The van der Waals surface area contributed by atoms with Gasteiger partial charge in [0.05, 0.1) is 5.56 Å². The Labute approximate surface area is 188 Å². The second-order valence-corrected chi connectivity index (χ2v) is 7.13. The lowest BCUT2D eigenvalue weighted by atomic mass is 10.0. The van der Waals surface area contributed by atoms with Crippen molar-refractivity contribution in [1.29, 1.82) is 0 Å². The molecular weight excluding hydrogens is 417 g/mol. The van der Waals surface area contributed by atoms with Gasteiger partial charge in [-0.2, -0.15) is 0 Å². The molecule has 0 aromatic heterocycles. The molecule has 0 radical (unpaired) electrons. The number of carbonyl (C=O) groups is 1. The molecule has 6 heteroatoms. The van der Waals surface area contributed by atoms with Crippen LogP contribution >= 0.6 is 12.4 Å². The first kappa shape index (κ1) is 24.5. The zero-order valence-corrected chi connectivity index (χ0v) is 18.0. The van der Waals surface area contributed by atoms with E-state index in [1.807, 2.05) is 60.7 Å². The quantitative estimate of drug-likeness (QED) is 0.425. The van der Waals surface area contributed by atoms with Crippen molar-refractivity contribution in [3.63, 3.8) is 0 Å². The van der Waals surface area contributed by atoms with E-state index < -0.39 is 11.9 Å². The Balaban J connectivity index is 0.00000341. The van der Waals surface area contributed by atoms with Crippen molar-refractivity contribution in [2.75, 3.05) is 13.2 Å². The predicted octanol–water partition coefficient (Wildman–Crippen LogP) is 4.59. The van der Waals surface area contributed by atoms with Crippen LogP contribution in [0.3, 0.4) is 0 Å². The molecule has 3 aromatic rings. The summed E-state index contributed by atoms with van der Waals surface area (Å²) in [7, 11) is 0. The number of aliphatic hydroxyl groups excluding tert-OH is 1. The number of Topliss-reactive ketones (excluding diaryl/α,β-unsaturated/α-hetero) is 1. The van der Waals surface area contributed by atoms with Crippen LogP contribution in [-0.4, -0.2) is 30.1 Å². The fourth-order valence-electron chi connectivity index (χ4n) is 3.11. The molecule has 31 heavy (non-hydrogen) atoms. The van der Waals surface area contributed by atoms with Crippen molar-refractivity contribution in [3.8, 4) is 5.75 Å². The molecule has 0 aliphatic rings. The molecule has 0 saturated heterocycles. The van der Waals surface area contributed by atoms with Gasteiger partial charge in [0.15, 0.2) is 5.78 Å².